The first kappa shape index (κ1) is 19.8. The number of β-lactam (4-membered cyclic amide) rings is 1. The summed E-state index contributed by atoms with van der Waals surface area (Å²) in [5.41, 5.74) is 0.282. The largest absolute Gasteiger partial charge is 0.477 e. The van der Waals surface area contributed by atoms with E-state index in [1.165, 1.54) is 29.2 Å². The molecule has 0 saturated carbocycles. The lowest BCUT2D eigenvalue weighted by molar-refractivity contribution is -0.384. The number of thiol groups is 1. The van der Waals surface area contributed by atoms with Gasteiger partial charge < -0.3 is 10.0 Å². The molecule has 1 aromatic carbocycles. The highest BCUT2D eigenvalue weighted by Gasteiger charge is 2.57. The minimum Gasteiger partial charge on any atom is -0.477 e. The summed E-state index contributed by atoms with van der Waals surface area (Å²) in [6, 6.07) is 5.02. The Hall–Kier alpha value is -2.92. The van der Waals surface area contributed by atoms with Crippen LogP contribution in [0.3, 0.4) is 0 Å². The number of non-ortho nitro benzene ring substituents is 1. The van der Waals surface area contributed by atoms with Gasteiger partial charge in [0, 0.05) is 23.5 Å². The minimum absolute atomic E-state index is 0.0931. The van der Waals surface area contributed by atoms with Gasteiger partial charge >= 0.3 is 11.9 Å². The summed E-state index contributed by atoms with van der Waals surface area (Å²) in [5, 5.41) is 19.8. The smallest absolute Gasteiger partial charge is 0.353 e. The Morgan fingerprint density at radius 1 is 1.39 bits per heavy atom. The van der Waals surface area contributed by atoms with Crippen LogP contribution in [0.1, 0.15) is 18.9 Å². The Labute approximate surface area is 164 Å². The SMILES string of the molecule is CC(OOC(=O)Cc1ccc([N+](=O)[O-])cc1)C1C(=O)N2C(C(=O)O)=C(S)CC12. The molecule has 2 aliphatic heterocycles. The normalized spacial score (nSPS) is 21.8. The van der Waals surface area contributed by atoms with Crippen LogP contribution in [0, 0.1) is 16.0 Å². The van der Waals surface area contributed by atoms with Crippen molar-refractivity contribution in [3.8, 4) is 0 Å². The molecular formula is C17H16N2O8S. The highest BCUT2D eigenvalue weighted by molar-refractivity contribution is 7.84. The van der Waals surface area contributed by atoms with Crippen LogP contribution in [-0.4, -0.2) is 44.9 Å². The number of rotatable bonds is 7. The van der Waals surface area contributed by atoms with Crippen LogP contribution in [0.25, 0.3) is 0 Å². The number of nitro groups is 1. The maximum atomic E-state index is 12.3. The third kappa shape index (κ3) is 3.58. The number of carboxylic acid groups (broad SMARTS) is 1. The zero-order valence-electron chi connectivity index (χ0n) is 14.6. The Balaban J connectivity index is 1.52. The molecule has 2 aliphatic rings. The van der Waals surface area contributed by atoms with Gasteiger partial charge in [0.2, 0.25) is 5.91 Å². The molecule has 1 aromatic rings. The summed E-state index contributed by atoms with van der Waals surface area (Å²) in [4.78, 5) is 56.8. The molecule has 1 fully saturated rings. The van der Waals surface area contributed by atoms with Crippen molar-refractivity contribution >= 4 is 36.2 Å². The number of nitrogens with zero attached hydrogens (tertiary/aromatic N) is 2. The number of hydrogen-bond acceptors (Lipinski definition) is 8. The van der Waals surface area contributed by atoms with Crippen LogP contribution in [0.15, 0.2) is 34.9 Å². The van der Waals surface area contributed by atoms with Gasteiger partial charge in [0.05, 0.1) is 23.3 Å². The van der Waals surface area contributed by atoms with Crippen molar-refractivity contribution in [2.45, 2.75) is 31.9 Å². The van der Waals surface area contributed by atoms with Crippen LogP contribution in [0.4, 0.5) is 5.69 Å². The molecule has 2 heterocycles. The molecule has 148 valence electrons. The van der Waals surface area contributed by atoms with Gasteiger partial charge in [-0.3, -0.25) is 19.8 Å². The van der Waals surface area contributed by atoms with Gasteiger partial charge in [0.15, 0.2) is 0 Å². The van der Waals surface area contributed by atoms with Gasteiger partial charge in [0.1, 0.15) is 11.8 Å². The van der Waals surface area contributed by atoms with Gasteiger partial charge in [-0.25, -0.2) is 9.59 Å². The molecule has 1 amide bonds. The highest BCUT2D eigenvalue weighted by Crippen LogP contribution is 2.45. The van der Waals surface area contributed by atoms with Gasteiger partial charge in [-0.05, 0) is 12.5 Å². The van der Waals surface area contributed by atoms with E-state index >= 15 is 0 Å². The fourth-order valence-corrected chi connectivity index (χ4v) is 3.75. The maximum Gasteiger partial charge on any atom is 0.353 e. The zero-order chi connectivity index (χ0) is 20.6. The third-order valence-electron chi connectivity index (χ3n) is 4.68. The fraction of sp³-hybridized carbons (Fsp3) is 0.353. The highest BCUT2D eigenvalue weighted by atomic mass is 32.1. The van der Waals surface area contributed by atoms with Crippen molar-refractivity contribution in [3.05, 3.63) is 50.5 Å². The second-order valence-corrected chi connectivity index (χ2v) is 7.00. The molecule has 0 aromatic heterocycles. The quantitative estimate of drug-likeness (QED) is 0.227. The number of nitro benzene ring substituents is 1. The molecule has 3 rings (SSSR count). The predicted molar refractivity (Wildman–Crippen MR) is 95.8 cm³/mol. The van der Waals surface area contributed by atoms with Crippen molar-refractivity contribution in [1.29, 1.82) is 0 Å². The molecule has 11 heteroatoms. The molecule has 0 spiro atoms. The summed E-state index contributed by atoms with van der Waals surface area (Å²) in [7, 11) is 0. The zero-order valence-corrected chi connectivity index (χ0v) is 15.5. The van der Waals surface area contributed by atoms with E-state index in [2.05, 4.69) is 12.6 Å². The molecule has 0 bridgehead atoms. The van der Waals surface area contributed by atoms with E-state index in [0.29, 0.717) is 16.9 Å². The monoisotopic (exact) mass is 408 g/mol. The first-order chi connectivity index (χ1) is 13.2. The van der Waals surface area contributed by atoms with E-state index in [9.17, 15) is 29.6 Å². The molecule has 1 N–H and O–H groups in total. The molecule has 0 radical (unpaired) electrons. The third-order valence-corrected chi connectivity index (χ3v) is 5.08. The molecule has 3 atom stereocenters. The predicted octanol–water partition coefficient (Wildman–Crippen LogP) is 1.46. The van der Waals surface area contributed by atoms with Crippen LogP contribution < -0.4 is 0 Å². The summed E-state index contributed by atoms with van der Waals surface area (Å²) in [6.07, 6.45) is -0.639. The lowest BCUT2D eigenvalue weighted by Gasteiger charge is -2.44. The lowest BCUT2D eigenvalue weighted by Crippen LogP contribution is -2.62. The molecule has 3 unspecified atom stereocenters. The van der Waals surface area contributed by atoms with E-state index < -0.39 is 40.8 Å². The van der Waals surface area contributed by atoms with Crippen LogP contribution in [0.2, 0.25) is 0 Å². The molecule has 1 saturated heterocycles. The topological polar surface area (TPSA) is 136 Å². The van der Waals surface area contributed by atoms with E-state index in [0.717, 1.165) is 0 Å². The summed E-state index contributed by atoms with van der Waals surface area (Å²) < 4.78 is 0. The average Bonchev–Trinajstić information content (AvgIpc) is 2.93. The number of aliphatic carboxylic acids is 1. The average molecular weight is 408 g/mol. The standard InChI is InChI=1S/C17H16N2O8S/c1-8(14-11-7-12(28)15(17(22)23)18(11)16(14)21)26-27-13(20)6-9-2-4-10(5-3-9)19(24)25/h2-5,8,11,14,28H,6-7H2,1H3,(H,22,23). The second-order valence-electron chi connectivity index (χ2n) is 6.46. The Bertz CT molecular complexity index is 882. The van der Waals surface area contributed by atoms with Crippen LogP contribution in [-0.2, 0) is 30.6 Å². The van der Waals surface area contributed by atoms with Gasteiger partial charge in [-0.2, -0.15) is 4.89 Å². The summed E-state index contributed by atoms with van der Waals surface area (Å²) in [6.45, 7) is 1.55. The van der Waals surface area contributed by atoms with E-state index in [-0.39, 0.29) is 17.8 Å². The molecule has 10 nitrogen and oxygen atoms in total. The van der Waals surface area contributed by atoms with Crippen molar-refractivity contribution in [2.24, 2.45) is 5.92 Å². The van der Waals surface area contributed by atoms with Gasteiger partial charge in [-0.1, -0.05) is 12.1 Å². The van der Waals surface area contributed by atoms with E-state index in [1.807, 2.05) is 0 Å². The Kier molecular flexibility index (Phi) is 5.38. The van der Waals surface area contributed by atoms with E-state index in [1.54, 1.807) is 6.92 Å². The Morgan fingerprint density at radius 3 is 2.61 bits per heavy atom. The van der Waals surface area contributed by atoms with Crippen molar-refractivity contribution in [2.75, 3.05) is 0 Å². The second kappa shape index (κ2) is 7.60. The summed E-state index contributed by atoms with van der Waals surface area (Å²) >= 11 is 4.13. The fourth-order valence-electron chi connectivity index (χ4n) is 3.36. The number of carbonyl (C=O) groups is 3. The number of carboxylic acids is 1. The number of amides is 1. The maximum absolute atomic E-state index is 12.3. The van der Waals surface area contributed by atoms with Crippen molar-refractivity contribution in [3.63, 3.8) is 0 Å². The number of fused-ring (bicyclic) bond motifs is 1. The minimum atomic E-state index is -1.22. The lowest BCUT2D eigenvalue weighted by atomic mass is 9.83. The first-order valence-electron chi connectivity index (χ1n) is 8.28. The Morgan fingerprint density at radius 2 is 2.04 bits per heavy atom. The van der Waals surface area contributed by atoms with Crippen molar-refractivity contribution < 1.29 is 34.2 Å². The number of carbonyl (C=O) groups excluding carboxylic acids is 2. The van der Waals surface area contributed by atoms with Crippen LogP contribution in [0.5, 0.6) is 0 Å². The number of hydrogen-bond donors (Lipinski definition) is 2. The van der Waals surface area contributed by atoms with Gasteiger partial charge in [0.25, 0.3) is 5.69 Å². The first-order valence-corrected chi connectivity index (χ1v) is 8.73. The molecule has 28 heavy (non-hydrogen) atoms. The summed E-state index contributed by atoms with van der Waals surface area (Å²) in [5.74, 6) is -3.02. The molecular weight excluding hydrogens is 392 g/mol. The van der Waals surface area contributed by atoms with Gasteiger partial charge in [-0.15, -0.1) is 12.6 Å². The van der Waals surface area contributed by atoms with Crippen LogP contribution >= 0.6 is 12.6 Å². The molecule has 0 aliphatic carbocycles. The van der Waals surface area contributed by atoms with Crippen molar-refractivity contribution in [1.82, 2.24) is 4.90 Å². The van der Waals surface area contributed by atoms with E-state index in [4.69, 9.17) is 9.78 Å². The number of benzene rings is 1.